The SMILES string of the molecule is Cc1ncsc1CN1Cc2cccn2CC(OCc2cccnc2)C1.O=C(O)C(F)(F)F.O=C(O)C(F)(F)F. The second-order valence-corrected chi connectivity index (χ2v) is 9.02. The normalized spacial score (nSPS) is 15.6. The van der Waals surface area contributed by atoms with Crippen LogP contribution in [0, 0.1) is 6.92 Å². The van der Waals surface area contributed by atoms with Crippen LogP contribution in [-0.4, -0.2) is 66.6 Å². The first kappa shape index (κ1) is 31.7. The van der Waals surface area contributed by atoms with Crippen LogP contribution in [0.1, 0.15) is 21.8 Å². The number of aliphatic carboxylic acids is 2. The fraction of sp³-hybridized carbons (Fsp3) is 0.391. The van der Waals surface area contributed by atoms with Crippen LogP contribution in [0.25, 0.3) is 0 Å². The van der Waals surface area contributed by atoms with Gasteiger partial charge < -0.3 is 19.5 Å². The van der Waals surface area contributed by atoms with Crippen LogP contribution in [0.2, 0.25) is 0 Å². The molecule has 3 aromatic rings. The second-order valence-electron chi connectivity index (χ2n) is 8.08. The van der Waals surface area contributed by atoms with E-state index < -0.39 is 24.3 Å². The van der Waals surface area contributed by atoms with Crippen LogP contribution in [0.3, 0.4) is 0 Å². The predicted octanol–water partition coefficient (Wildman–Crippen LogP) is 4.52. The summed E-state index contributed by atoms with van der Waals surface area (Å²) in [6.45, 7) is 6.36. The van der Waals surface area contributed by atoms with E-state index in [1.807, 2.05) is 17.8 Å². The number of rotatable bonds is 5. The van der Waals surface area contributed by atoms with Gasteiger partial charge in [0.25, 0.3) is 0 Å². The average Bonchev–Trinajstić information content (AvgIpc) is 3.41. The smallest absolute Gasteiger partial charge is 0.475 e. The first-order chi connectivity index (χ1) is 18.2. The van der Waals surface area contributed by atoms with Crippen molar-refractivity contribution in [1.29, 1.82) is 0 Å². The highest BCUT2D eigenvalue weighted by Gasteiger charge is 2.38. The molecule has 1 aliphatic rings. The number of pyridine rings is 1. The first-order valence-electron chi connectivity index (χ1n) is 11.0. The molecule has 1 aliphatic heterocycles. The number of aryl methyl sites for hydroxylation is 1. The van der Waals surface area contributed by atoms with Crippen molar-refractivity contribution in [1.82, 2.24) is 19.4 Å². The van der Waals surface area contributed by atoms with Crippen molar-refractivity contribution in [3.8, 4) is 0 Å². The molecule has 0 spiro atoms. The van der Waals surface area contributed by atoms with Crippen molar-refractivity contribution in [2.24, 2.45) is 0 Å². The average molecular weight is 583 g/mol. The minimum Gasteiger partial charge on any atom is -0.475 e. The van der Waals surface area contributed by atoms with Gasteiger partial charge in [0.1, 0.15) is 0 Å². The van der Waals surface area contributed by atoms with Crippen LogP contribution < -0.4 is 0 Å². The van der Waals surface area contributed by atoms with Crippen molar-refractivity contribution in [2.75, 3.05) is 6.54 Å². The van der Waals surface area contributed by atoms with Crippen molar-refractivity contribution < 1.29 is 50.9 Å². The van der Waals surface area contributed by atoms with Gasteiger partial charge in [-0.2, -0.15) is 26.3 Å². The number of hydrogen-bond donors (Lipinski definition) is 2. The minimum atomic E-state index is -5.08. The summed E-state index contributed by atoms with van der Waals surface area (Å²) in [6, 6.07) is 8.34. The lowest BCUT2D eigenvalue weighted by Gasteiger charge is -2.24. The second kappa shape index (κ2) is 14.0. The Balaban J connectivity index is 0.000000317. The Labute approximate surface area is 222 Å². The molecule has 0 aliphatic carbocycles. The maximum Gasteiger partial charge on any atom is 0.490 e. The molecule has 3 aromatic heterocycles. The van der Waals surface area contributed by atoms with Gasteiger partial charge >= 0.3 is 24.3 Å². The minimum absolute atomic E-state index is 0.155. The fourth-order valence-corrected chi connectivity index (χ4v) is 4.05. The van der Waals surface area contributed by atoms with E-state index in [1.54, 1.807) is 17.5 Å². The molecule has 4 heterocycles. The van der Waals surface area contributed by atoms with E-state index in [9.17, 15) is 26.3 Å². The van der Waals surface area contributed by atoms with Crippen molar-refractivity contribution in [3.63, 3.8) is 0 Å². The molecule has 2 N–H and O–H groups in total. The molecular weight excluding hydrogens is 558 g/mol. The zero-order valence-corrected chi connectivity index (χ0v) is 21.1. The van der Waals surface area contributed by atoms with Crippen LogP contribution in [0.15, 0.2) is 48.4 Å². The number of carboxylic acid groups (broad SMARTS) is 2. The molecule has 0 amide bonds. The summed E-state index contributed by atoms with van der Waals surface area (Å²) in [5.74, 6) is -5.51. The molecule has 4 rings (SSSR count). The number of carbonyl (C=O) groups is 2. The molecule has 0 saturated carbocycles. The van der Waals surface area contributed by atoms with Crippen LogP contribution in [-0.2, 0) is 40.6 Å². The first-order valence-corrected chi connectivity index (χ1v) is 11.9. The van der Waals surface area contributed by atoms with Gasteiger partial charge in [0.05, 0.1) is 23.9 Å². The van der Waals surface area contributed by atoms with Gasteiger partial charge in [-0.3, -0.25) is 9.88 Å². The van der Waals surface area contributed by atoms with Crippen LogP contribution in [0.4, 0.5) is 26.3 Å². The van der Waals surface area contributed by atoms with E-state index in [2.05, 4.69) is 50.8 Å². The van der Waals surface area contributed by atoms with Gasteiger partial charge in [-0.1, -0.05) is 6.07 Å². The Morgan fingerprint density at radius 1 is 1.08 bits per heavy atom. The number of hydrogen-bond acceptors (Lipinski definition) is 7. The molecular formula is C23H24F6N4O5S. The summed E-state index contributed by atoms with van der Waals surface area (Å²) in [7, 11) is 0. The van der Waals surface area contributed by atoms with Gasteiger partial charge in [-0.25, -0.2) is 14.6 Å². The molecule has 0 aromatic carbocycles. The molecule has 0 fully saturated rings. The lowest BCUT2D eigenvalue weighted by Crippen LogP contribution is -2.32. The van der Waals surface area contributed by atoms with E-state index in [1.165, 1.54) is 10.6 Å². The maximum absolute atomic E-state index is 10.6. The highest BCUT2D eigenvalue weighted by molar-refractivity contribution is 7.09. The van der Waals surface area contributed by atoms with Crippen molar-refractivity contribution in [2.45, 2.75) is 51.6 Å². The van der Waals surface area contributed by atoms with Gasteiger partial charge in [-0.05, 0) is 30.7 Å². The zero-order chi connectivity index (χ0) is 29.2. The summed E-state index contributed by atoms with van der Waals surface area (Å²) >= 11 is 1.74. The van der Waals surface area contributed by atoms with E-state index >= 15 is 0 Å². The third-order valence-corrected chi connectivity index (χ3v) is 6.00. The molecule has 0 radical (unpaired) electrons. The van der Waals surface area contributed by atoms with E-state index in [0.29, 0.717) is 6.61 Å². The quantitative estimate of drug-likeness (QED) is 0.422. The molecule has 0 bridgehead atoms. The Bertz CT molecular complexity index is 1180. The Hall–Kier alpha value is -3.50. The standard InChI is InChI=1S/C19H22N4OS.2C2HF3O2/c1-15-19(25-14-21-15)12-22-9-17-5-3-7-23(17)11-18(10-22)24-13-16-4-2-6-20-8-16;2*3-2(4,5)1(6)7/h2-8,14,18H,9-13H2,1H3;2*(H,6,7). The monoisotopic (exact) mass is 582 g/mol. The number of nitrogens with zero attached hydrogens (tertiary/aromatic N) is 4. The summed E-state index contributed by atoms with van der Waals surface area (Å²) in [4.78, 5) is 30.1. The number of halogens is 6. The largest absolute Gasteiger partial charge is 0.490 e. The van der Waals surface area contributed by atoms with Crippen LogP contribution in [0.5, 0.6) is 0 Å². The van der Waals surface area contributed by atoms with E-state index in [4.69, 9.17) is 24.5 Å². The number of alkyl halides is 6. The van der Waals surface area contributed by atoms with E-state index in [0.717, 1.165) is 37.4 Å². The summed E-state index contributed by atoms with van der Waals surface area (Å²) in [5.41, 5.74) is 5.53. The molecule has 214 valence electrons. The molecule has 39 heavy (non-hydrogen) atoms. The number of fused-ring (bicyclic) bond motifs is 1. The molecule has 9 nitrogen and oxygen atoms in total. The number of aromatic nitrogens is 3. The van der Waals surface area contributed by atoms with E-state index in [-0.39, 0.29) is 6.10 Å². The Morgan fingerprint density at radius 3 is 2.23 bits per heavy atom. The van der Waals surface area contributed by atoms with Crippen molar-refractivity contribution >= 4 is 23.3 Å². The topological polar surface area (TPSA) is 118 Å². The third-order valence-electron chi connectivity index (χ3n) is 5.08. The lowest BCUT2D eigenvalue weighted by atomic mass is 10.2. The Morgan fingerprint density at radius 2 is 1.72 bits per heavy atom. The third kappa shape index (κ3) is 11.0. The molecule has 1 atom stereocenters. The summed E-state index contributed by atoms with van der Waals surface area (Å²) < 4.78 is 72.0. The fourth-order valence-electron chi connectivity index (χ4n) is 3.23. The van der Waals surface area contributed by atoms with Gasteiger partial charge in [0.2, 0.25) is 0 Å². The van der Waals surface area contributed by atoms with Crippen LogP contribution >= 0.6 is 11.3 Å². The number of ether oxygens (including phenoxy) is 1. The number of carboxylic acids is 2. The summed E-state index contributed by atoms with van der Waals surface area (Å²) in [5, 5.41) is 14.2. The van der Waals surface area contributed by atoms with Gasteiger partial charge in [0.15, 0.2) is 0 Å². The van der Waals surface area contributed by atoms with Gasteiger partial charge in [-0.15, -0.1) is 11.3 Å². The number of thiazole rings is 1. The summed E-state index contributed by atoms with van der Waals surface area (Å²) in [6.07, 6.45) is -4.20. The molecule has 1 unspecified atom stereocenters. The van der Waals surface area contributed by atoms with Gasteiger partial charge in [0, 0.05) is 55.3 Å². The molecule has 0 saturated heterocycles. The Kier molecular flexibility index (Phi) is 11.4. The lowest BCUT2D eigenvalue weighted by molar-refractivity contribution is -0.193. The van der Waals surface area contributed by atoms with Crippen molar-refractivity contribution in [3.05, 3.63) is 70.2 Å². The predicted molar refractivity (Wildman–Crippen MR) is 126 cm³/mol. The molecule has 16 heteroatoms. The highest BCUT2D eigenvalue weighted by atomic mass is 32.1. The maximum atomic E-state index is 10.6. The zero-order valence-electron chi connectivity index (χ0n) is 20.3. The highest BCUT2D eigenvalue weighted by Crippen LogP contribution is 2.21.